The van der Waals surface area contributed by atoms with Crippen LogP contribution < -0.4 is 21.1 Å². The topological polar surface area (TPSA) is 109 Å². The number of ether oxygens (including phenoxy) is 1. The average Bonchev–Trinajstić information content (AvgIpc) is 2.53. The summed E-state index contributed by atoms with van der Waals surface area (Å²) in [6.45, 7) is 3.22. The zero-order chi connectivity index (χ0) is 17.6. The number of morpholine rings is 1. The molecule has 1 unspecified atom stereocenters. The van der Waals surface area contributed by atoms with Crippen LogP contribution in [0.15, 0.2) is 23.1 Å². The molecule has 1 aromatic carbocycles. The lowest BCUT2D eigenvalue weighted by Gasteiger charge is -2.25. The number of sulfonamides is 1. The first-order valence-corrected chi connectivity index (χ1v) is 9.49. The van der Waals surface area contributed by atoms with E-state index in [1.54, 1.807) is 12.1 Å². The summed E-state index contributed by atoms with van der Waals surface area (Å²) in [6, 6.07) is 4.85. The van der Waals surface area contributed by atoms with Crippen LogP contribution in [0, 0.1) is 0 Å². The number of rotatable bonds is 8. The van der Waals surface area contributed by atoms with Crippen molar-refractivity contribution in [3.8, 4) is 0 Å². The van der Waals surface area contributed by atoms with Crippen LogP contribution >= 0.6 is 0 Å². The minimum Gasteiger partial charge on any atom is -0.399 e. The molecule has 24 heavy (non-hydrogen) atoms. The number of nitrogens with one attached hydrogen (secondary N) is 3. The molecule has 136 valence electrons. The summed E-state index contributed by atoms with van der Waals surface area (Å²) in [5, 5.41) is 6.27. The van der Waals surface area contributed by atoms with E-state index in [0.717, 1.165) is 19.5 Å². The Balaban J connectivity index is 2.09. The molecular weight excluding hydrogens is 330 g/mol. The molecule has 0 spiro atoms. The second-order valence-corrected chi connectivity index (χ2v) is 7.71. The van der Waals surface area contributed by atoms with Gasteiger partial charge in [0, 0.05) is 25.3 Å². The Morgan fingerprint density at radius 2 is 2.21 bits per heavy atom. The fourth-order valence-electron chi connectivity index (χ4n) is 2.40. The molecule has 1 fully saturated rings. The first-order valence-electron chi connectivity index (χ1n) is 8.01. The second-order valence-electron chi connectivity index (χ2n) is 6.02. The Bertz CT molecular complexity index is 630. The quantitative estimate of drug-likeness (QED) is 0.379. The van der Waals surface area contributed by atoms with Crippen molar-refractivity contribution in [1.29, 1.82) is 0 Å². The maximum absolute atomic E-state index is 12.7. The predicted octanol–water partition coefficient (Wildman–Crippen LogP) is -0.143. The standard InChI is InChI=1S/C15H27N5O3S/c1-20(2)8-3-6-18-13-5-4-12(16)10-14(13)24(21,22)19-15-11-17-7-9-23-15/h4-5,10,15,17-19H,3,6-9,11,16H2,1-2H3. The highest BCUT2D eigenvalue weighted by Gasteiger charge is 2.24. The third kappa shape index (κ3) is 5.60. The molecule has 1 aromatic rings. The molecule has 1 atom stereocenters. The van der Waals surface area contributed by atoms with Gasteiger partial charge in [-0.05, 0) is 45.3 Å². The smallest absolute Gasteiger partial charge is 0.244 e. The van der Waals surface area contributed by atoms with Crippen molar-refractivity contribution in [3.63, 3.8) is 0 Å². The van der Waals surface area contributed by atoms with E-state index in [9.17, 15) is 8.42 Å². The van der Waals surface area contributed by atoms with E-state index in [4.69, 9.17) is 10.5 Å². The fraction of sp³-hybridized carbons (Fsp3) is 0.600. The second kappa shape index (κ2) is 8.63. The van der Waals surface area contributed by atoms with Crippen molar-refractivity contribution in [2.75, 3.05) is 57.9 Å². The molecule has 0 aliphatic carbocycles. The van der Waals surface area contributed by atoms with Gasteiger partial charge in [0.15, 0.2) is 0 Å². The summed E-state index contributed by atoms with van der Waals surface area (Å²) in [4.78, 5) is 2.22. The van der Waals surface area contributed by atoms with E-state index >= 15 is 0 Å². The maximum Gasteiger partial charge on any atom is 0.244 e. The molecule has 1 saturated heterocycles. The molecule has 5 N–H and O–H groups in total. The van der Waals surface area contributed by atoms with Gasteiger partial charge >= 0.3 is 0 Å². The number of nitrogens with two attached hydrogens (primary N) is 1. The fourth-order valence-corrected chi connectivity index (χ4v) is 3.75. The molecule has 1 aliphatic heterocycles. The third-order valence-electron chi connectivity index (χ3n) is 3.61. The van der Waals surface area contributed by atoms with Crippen LogP contribution in [0.4, 0.5) is 11.4 Å². The van der Waals surface area contributed by atoms with Crippen molar-refractivity contribution >= 4 is 21.4 Å². The van der Waals surface area contributed by atoms with E-state index in [1.165, 1.54) is 6.07 Å². The summed E-state index contributed by atoms with van der Waals surface area (Å²) in [6.07, 6.45) is 0.326. The van der Waals surface area contributed by atoms with Crippen molar-refractivity contribution in [2.24, 2.45) is 0 Å². The molecule has 9 heteroatoms. The van der Waals surface area contributed by atoms with Gasteiger partial charge in [0.2, 0.25) is 10.0 Å². The molecule has 0 saturated carbocycles. The number of hydrogen-bond acceptors (Lipinski definition) is 7. The van der Waals surface area contributed by atoms with Crippen molar-refractivity contribution in [1.82, 2.24) is 14.9 Å². The molecule has 0 bridgehead atoms. The van der Waals surface area contributed by atoms with Gasteiger partial charge in [0.1, 0.15) is 11.1 Å². The minimum absolute atomic E-state index is 0.140. The molecule has 0 radical (unpaired) electrons. The van der Waals surface area contributed by atoms with E-state index < -0.39 is 16.3 Å². The van der Waals surface area contributed by atoms with Gasteiger partial charge in [-0.25, -0.2) is 8.42 Å². The van der Waals surface area contributed by atoms with Crippen LogP contribution in [0.5, 0.6) is 0 Å². The Kier molecular flexibility index (Phi) is 6.81. The minimum atomic E-state index is -3.73. The Labute approximate surface area is 143 Å². The summed E-state index contributed by atoms with van der Waals surface area (Å²) < 4.78 is 33.4. The van der Waals surface area contributed by atoms with Crippen molar-refractivity contribution in [2.45, 2.75) is 17.5 Å². The van der Waals surface area contributed by atoms with E-state index in [0.29, 0.717) is 31.1 Å². The lowest BCUT2D eigenvalue weighted by Crippen LogP contribution is -2.48. The van der Waals surface area contributed by atoms with Crippen LogP contribution in [-0.2, 0) is 14.8 Å². The summed E-state index contributed by atoms with van der Waals surface area (Å²) in [7, 11) is 0.268. The Morgan fingerprint density at radius 1 is 1.42 bits per heavy atom. The number of hydrogen-bond donors (Lipinski definition) is 4. The molecule has 2 rings (SSSR count). The lowest BCUT2D eigenvalue weighted by molar-refractivity contribution is 0.0220. The first-order chi connectivity index (χ1) is 11.4. The van der Waals surface area contributed by atoms with Gasteiger partial charge in [-0.15, -0.1) is 0 Å². The number of anilines is 2. The Morgan fingerprint density at radius 3 is 2.88 bits per heavy atom. The molecule has 8 nitrogen and oxygen atoms in total. The zero-order valence-corrected chi connectivity index (χ0v) is 15.0. The molecular formula is C15H27N5O3S. The monoisotopic (exact) mass is 357 g/mol. The average molecular weight is 357 g/mol. The molecule has 1 heterocycles. The van der Waals surface area contributed by atoms with E-state index in [1.807, 2.05) is 14.1 Å². The highest BCUT2D eigenvalue weighted by atomic mass is 32.2. The van der Waals surface area contributed by atoms with Crippen LogP contribution in [0.3, 0.4) is 0 Å². The summed E-state index contributed by atoms with van der Waals surface area (Å²) in [5.41, 5.74) is 6.72. The van der Waals surface area contributed by atoms with Crippen LogP contribution in [0.2, 0.25) is 0 Å². The van der Waals surface area contributed by atoms with Crippen molar-refractivity contribution in [3.05, 3.63) is 18.2 Å². The van der Waals surface area contributed by atoms with Crippen LogP contribution in [-0.4, -0.2) is 66.4 Å². The highest BCUT2D eigenvalue weighted by molar-refractivity contribution is 7.89. The molecule has 0 amide bonds. The van der Waals surface area contributed by atoms with Gasteiger partial charge in [-0.1, -0.05) is 0 Å². The predicted molar refractivity (Wildman–Crippen MR) is 95.4 cm³/mol. The molecule has 0 aromatic heterocycles. The van der Waals surface area contributed by atoms with Gasteiger partial charge in [-0.2, -0.15) is 4.72 Å². The van der Waals surface area contributed by atoms with Crippen LogP contribution in [0.25, 0.3) is 0 Å². The van der Waals surface area contributed by atoms with E-state index in [2.05, 4.69) is 20.3 Å². The highest BCUT2D eigenvalue weighted by Crippen LogP contribution is 2.24. The van der Waals surface area contributed by atoms with Crippen molar-refractivity contribution < 1.29 is 13.2 Å². The van der Waals surface area contributed by atoms with Crippen LogP contribution in [0.1, 0.15) is 6.42 Å². The van der Waals surface area contributed by atoms with Gasteiger partial charge in [-0.3, -0.25) is 0 Å². The third-order valence-corrected chi connectivity index (χ3v) is 5.10. The summed E-state index contributed by atoms with van der Waals surface area (Å²) >= 11 is 0. The zero-order valence-electron chi connectivity index (χ0n) is 14.2. The Hall–Kier alpha value is -1.39. The maximum atomic E-state index is 12.7. The normalized spacial score (nSPS) is 18.7. The SMILES string of the molecule is CN(C)CCCNc1ccc(N)cc1S(=O)(=O)NC1CNCCO1. The number of nitrogen functional groups attached to an aromatic ring is 1. The molecule has 1 aliphatic rings. The van der Waals surface area contributed by atoms with E-state index in [-0.39, 0.29) is 4.90 Å². The number of nitrogens with zero attached hydrogens (tertiary/aromatic N) is 1. The van der Waals surface area contributed by atoms with Gasteiger partial charge in [0.05, 0.1) is 12.3 Å². The first kappa shape index (κ1) is 18.9. The van der Waals surface area contributed by atoms with Gasteiger partial charge in [0.25, 0.3) is 0 Å². The summed E-state index contributed by atoms with van der Waals surface area (Å²) in [5.74, 6) is 0. The number of benzene rings is 1. The lowest BCUT2D eigenvalue weighted by atomic mass is 10.2. The largest absolute Gasteiger partial charge is 0.399 e. The van der Waals surface area contributed by atoms with Gasteiger partial charge < -0.3 is 26.0 Å².